The molecule has 0 radical (unpaired) electrons. The third kappa shape index (κ3) is 6.15. The topological polar surface area (TPSA) is 41.5 Å². The summed E-state index contributed by atoms with van der Waals surface area (Å²) in [5, 5.41) is 4.25. The van der Waals surface area contributed by atoms with E-state index in [1.54, 1.807) is 0 Å². The van der Waals surface area contributed by atoms with Crippen molar-refractivity contribution in [2.45, 2.75) is 64.7 Å². The summed E-state index contributed by atoms with van der Waals surface area (Å²) in [6, 6.07) is 16.9. The minimum Gasteiger partial charge on any atom is -0.268 e. The molecule has 1 aliphatic carbocycles. The summed E-state index contributed by atoms with van der Waals surface area (Å²) >= 11 is 0. The van der Waals surface area contributed by atoms with Gasteiger partial charge in [0.15, 0.2) is 0 Å². The molecule has 1 fully saturated rings. The number of hydrogen-bond acceptors (Lipinski definition) is 2. The number of carbonyl (C=O) groups is 1. The molecule has 1 N–H and O–H groups in total. The van der Waals surface area contributed by atoms with Crippen LogP contribution in [0.1, 0.15) is 87.0 Å². The van der Waals surface area contributed by atoms with Gasteiger partial charge in [0, 0.05) is 6.08 Å². The third-order valence-corrected chi connectivity index (χ3v) is 5.77. The molecule has 2 aromatic rings. The molecule has 1 saturated carbocycles. The average molecular weight is 389 g/mol. The van der Waals surface area contributed by atoms with Gasteiger partial charge in [-0.1, -0.05) is 81.6 Å². The Kier molecular flexibility index (Phi) is 7.40. The summed E-state index contributed by atoms with van der Waals surface area (Å²) in [5.41, 5.74) is 8.19. The van der Waals surface area contributed by atoms with Crippen molar-refractivity contribution in [3.63, 3.8) is 0 Å². The van der Waals surface area contributed by atoms with E-state index in [-0.39, 0.29) is 5.91 Å². The molecule has 0 spiro atoms. The summed E-state index contributed by atoms with van der Waals surface area (Å²) in [4.78, 5) is 12.1. The van der Waals surface area contributed by atoms with E-state index < -0.39 is 0 Å². The number of benzene rings is 2. The molecule has 29 heavy (non-hydrogen) atoms. The van der Waals surface area contributed by atoms with Crippen LogP contribution in [0.5, 0.6) is 0 Å². The molecule has 3 nitrogen and oxygen atoms in total. The summed E-state index contributed by atoms with van der Waals surface area (Å²) in [7, 11) is 0. The van der Waals surface area contributed by atoms with Crippen molar-refractivity contribution >= 4 is 17.7 Å². The zero-order chi connectivity index (χ0) is 20.6. The lowest BCUT2D eigenvalue weighted by molar-refractivity contribution is -0.116. The highest BCUT2D eigenvalue weighted by Crippen LogP contribution is 2.32. The van der Waals surface area contributed by atoms with E-state index in [9.17, 15) is 4.79 Å². The minimum absolute atomic E-state index is 0.226. The van der Waals surface area contributed by atoms with Gasteiger partial charge in [0.05, 0.1) is 5.71 Å². The molecule has 0 saturated heterocycles. The molecule has 1 amide bonds. The number of carbonyl (C=O) groups excluding carboxylic acids is 1. The molecule has 0 atom stereocenters. The first-order chi connectivity index (χ1) is 14.0. The van der Waals surface area contributed by atoms with Gasteiger partial charge in [-0.3, -0.25) is 4.79 Å². The molecular formula is C26H32N2O. The fourth-order valence-corrected chi connectivity index (χ4v) is 3.84. The monoisotopic (exact) mass is 388 g/mol. The van der Waals surface area contributed by atoms with Crippen LogP contribution in [0.4, 0.5) is 0 Å². The van der Waals surface area contributed by atoms with Gasteiger partial charge in [-0.15, -0.1) is 0 Å². The maximum absolute atomic E-state index is 12.1. The summed E-state index contributed by atoms with van der Waals surface area (Å²) in [6.07, 6.45) is 9.99. The molecule has 1 aliphatic rings. The van der Waals surface area contributed by atoms with Crippen LogP contribution in [0.25, 0.3) is 6.08 Å². The number of rotatable bonds is 6. The SMILES string of the molecule is C/C(=N\NC(=O)/C=C/c1ccc(C(C)C)cc1)c1ccc(C2CCCCC2)cc1. The molecular weight excluding hydrogens is 356 g/mol. The van der Waals surface area contributed by atoms with Gasteiger partial charge in [-0.2, -0.15) is 5.10 Å². The van der Waals surface area contributed by atoms with Crippen LogP contribution in [0, 0.1) is 0 Å². The number of hydrazone groups is 1. The van der Waals surface area contributed by atoms with Crippen molar-refractivity contribution in [3.05, 3.63) is 76.9 Å². The van der Waals surface area contributed by atoms with E-state index in [2.05, 4.69) is 60.8 Å². The van der Waals surface area contributed by atoms with Crippen molar-refractivity contribution in [1.82, 2.24) is 5.43 Å². The molecule has 0 aliphatic heterocycles. The Labute approximate surface area is 174 Å². The Morgan fingerprint density at radius 1 is 1.00 bits per heavy atom. The Morgan fingerprint density at radius 2 is 1.66 bits per heavy atom. The second-order valence-electron chi connectivity index (χ2n) is 8.28. The maximum Gasteiger partial charge on any atom is 0.264 e. The number of hydrogen-bond donors (Lipinski definition) is 1. The van der Waals surface area contributed by atoms with E-state index >= 15 is 0 Å². The Morgan fingerprint density at radius 3 is 2.28 bits per heavy atom. The first kappa shape index (κ1) is 21.0. The normalized spacial score (nSPS) is 15.8. The van der Waals surface area contributed by atoms with Crippen LogP contribution in [-0.2, 0) is 4.79 Å². The van der Waals surface area contributed by atoms with Crippen molar-refractivity contribution < 1.29 is 4.79 Å². The van der Waals surface area contributed by atoms with Crippen LogP contribution >= 0.6 is 0 Å². The largest absolute Gasteiger partial charge is 0.268 e. The van der Waals surface area contributed by atoms with Crippen LogP contribution in [0.15, 0.2) is 59.7 Å². The van der Waals surface area contributed by atoms with E-state index in [0.29, 0.717) is 11.8 Å². The van der Waals surface area contributed by atoms with Crippen molar-refractivity contribution in [1.29, 1.82) is 0 Å². The zero-order valence-corrected chi connectivity index (χ0v) is 17.8. The van der Waals surface area contributed by atoms with Gasteiger partial charge in [0.2, 0.25) is 0 Å². The first-order valence-electron chi connectivity index (χ1n) is 10.8. The van der Waals surface area contributed by atoms with E-state index in [1.807, 2.05) is 25.1 Å². The zero-order valence-electron chi connectivity index (χ0n) is 17.8. The van der Waals surface area contributed by atoms with Gasteiger partial charge in [-0.25, -0.2) is 5.43 Å². The number of nitrogens with zero attached hydrogens (tertiary/aromatic N) is 1. The molecule has 0 unspecified atom stereocenters. The van der Waals surface area contributed by atoms with Crippen LogP contribution in [0.2, 0.25) is 0 Å². The molecule has 3 heteroatoms. The highest BCUT2D eigenvalue weighted by Gasteiger charge is 2.15. The van der Waals surface area contributed by atoms with E-state index in [4.69, 9.17) is 0 Å². The predicted octanol–water partition coefficient (Wildman–Crippen LogP) is 6.41. The Bertz CT molecular complexity index is 855. The van der Waals surface area contributed by atoms with Crippen molar-refractivity contribution in [3.8, 4) is 0 Å². The summed E-state index contributed by atoms with van der Waals surface area (Å²) in [6.45, 7) is 6.26. The standard InChI is InChI=1S/C26H32N2O/c1-19(2)22-12-9-21(10-13-22)11-18-26(29)28-27-20(3)23-14-16-25(17-15-23)24-7-5-4-6-8-24/h9-19,24H,4-8H2,1-3H3,(H,28,29)/b18-11+,27-20+. The van der Waals surface area contributed by atoms with E-state index in [0.717, 1.165) is 16.8 Å². The third-order valence-electron chi connectivity index (χ3n) is 5.77. The highest BCUT2D eigenvalue weighted by atomic mass is 16.2. The maximum atomic E-state index is 12.1. The molecule has 3 rings (SSSR count). The molecule has 0 heterocycles. The molecule has 0 bridgehead atoms. The van der Waals surface area contributed by atoms with Gasteiger partial charge in [0.25, 0.3) is 5.91 Å². The van der Waals surface area contributed by atoms with Gasteiger partial charge in [-0.05, 0) is 59.9 Å². The predicted molar refractivity (Wildman–Crippen MR) is 122 cm³/mol. The number of nitrogens with one attached hydrogen (secondary N) is 1. The van der Waals surface area contributed by atoms with Crippen LogP contribution in [-0.4, -0.2) is 11.6 Å². The van der Waals surface area contributed by atoms with Crippen molar-refractivity contribution in [2.75, 3.05) is 0 Å². The average Bonchev–Trinajstić information content (AvgIpc) is 2.77. The quantitative estimate of drug-likeness (QED) is 0.347. The van der Waals surface area contributed by atoms with Crippen molar-refractivity contribution in [2.24, 2.45) is 5.10 Å². The molecule has 0 aromatic heterocycles. The smallest absolute Gasteiger partial charge is 0.264 e. The number of amides is 1. The van der Waals surface area contributed by atoms with Crippen LogP contribution < -0.4 is 5.43 Å². The summed E-state index contributed by atoms with van der Waals surface area (Å²) in [5.74, 6) is 0.982. The lowest BCUT2D eigenvalue weighted by Gasteiger charge is -2.22. The lowest BCUT2D eigenvalue weighted by Crippen LogP contribution is -2.16. The van der Waals surface area contributed by atoms with E-state index in [1.165, 1.54) is 49.3 Å². The fourth-order valence-electron chi connectivity index (χ4n) is 3.84. The molecule has 2 aromatic carbocycles. The van der Waals surface area contributed by atoms with Crippen LogP contribution in [0.3, 0.4) is 0 Å². The minimum atomic E-state index is -0.226. The molecule has 152 valence electrons. The Balaban J connectivity index is 1.55. The van der Waals surface area contributed by atoms with Gasteiger partial charge in [0.1, 0.15) is 0 Å². The van der Waals surface area contributed by atoms with Gasteiger partial charge >= 0.3 is 0 Å². The fraction of sp³-hybridized carbons (Fsp3) is 0.385. The summed E-state index contributed by atoms with van der Waals surface area (Å²) < 4.78 is 0. The van der Waals surface area contributed by atoms with Gasteiger partial charge < -0.3 is 0 Å². The first-order valence-corrected chi connectivity index (χ1v) is 10.8. The Hall–Kier alpha value is -2.68. The second-order valence-corrected chi connectivity index (χ2v) is 8.28. The lowest BCUT2D eigenvalue weighted by atomic mass is 9.84. The highest BCUT2D eigenvalue weighted by molar-refractivity contribution is 6.00. The second kappa shape index (κ2) is 10.2.